The van der Waals surface area contributed by atoms with Crippen LogP contribution in [0.2, 0.25) is 15.1 Å². The second-order valence-corrected chi connectivity index (χ2v) is 5.48. The molecule has 2 nitrogen and oxygen atoms in total. The second-order valence-electron chi connectivity index (χ2n) is 4.29. The first-order valence-electron chi connectivity index (χ1n) is 5.31. The number of anilines is 1. The van der Waals surface area contributed by atoms with E-state index in [0.29, 0.717) is 37.6 Å². The molecule has 17 heavy (non-hydrogen) atoms. The summed E-state index contributed by atoms with van der Waals surface area (Å²) in [6.45, 7) is 0. The van der Waals surface area contributed by atoms with Crippen LogP contribution in [0.4, 0.5) is 5.69 Å². The second kappa shape index (κ2) is 3.91. The fourth-order valence-electron chi connectivity index (χ4n) is 1.94. The van der Waals surface area contributed by atoms with E-state index in [1.54, 1.807) is 6.07 Å². The topological polar surface area (TPSA) is 38.9 Å². The number of pyridine rings is 1. The molecule has 0 radical (unpaired) electrons. The van der Waals surface area contributed by atoms with Gasteiger partial charge in [-0.25, -0.2) is 0 Å². The highest BCUT2D eigenvalue weighted by Crippen LogP contribution is 2.43. The summed E-state index contributed by atoms with van der Waals surface area (Å²) in [7, 11) is 0. The first kappa shape index (κ1) is 11.4. The van der Waals surface area contributed by atoms with E-state index in [1.165, 1.54) is 0 Å². The van der Waals surface area contributed by atoms with E-state index in [-0.39, 0.29) is 0 Å². The summed E-state index contributed by atoms with van der Waals surface area (Å²) in [5, 5.41) is 1.95. The highest BCUT2D eigenvalue weighted by molar-refractivity contribution is 6.48. The third kappa shape index (κ3) is 1.85. The fourth-order valence-corrected chi connectivity index (χ4v) is 2.70. The molecule has 1 saturated carbocycles. The number of nitrogens with zero attached hydrogens (tertiary/aromatic N) is 1. The zero-order valence-electron chi connectivity index (χ0n) is 8.80. The van der Waals surface area contributed by atoms with Crippen LogP contribution in [0.1, 0.15) is 24.5 Å². The molecule has 88 valence electrons. The van der Waals surface area contributed by atoms with Gasteiger partial charge in [-0.1, -0.05) is 34.8 Å². The summed E-state index contributed by atoms with van der Waals surface area (Å²) in [6.07, 6.45) is 2.33. The smallest absolute Gasteiger partial charge is 0.0928 e. The number of benzene rings is 1. The van der Waals surface area contributed by atoms with Crippen molar-refractivity contribution in [2.24, 2.45) is 0 Å². The molecule has 0 saturated heterocycles. The van der Waals surface area contributed by atoms with Gasteiger partial charge < -0.3 is 5.73 Å². The van der Waals surface area contributed by atoms with Crippen LogP contribution in [0.5, 0.6) is 0 Å². The Labute approximate surface area is 114 Å². The highest BCUT2D eigenvalue weighted by atomic mass is 35.5. The molecule has 0 bridgehead atoms. The number of nitrogens with two attached hydrogens (primary N) is 1. The maximum Gasteiger partial charge on any atom is 0.0928 e. The van der Waals surface area contributed by atoms with E-state index in [4.69, 9.17) is 40.5 Å². The number of fused-ring (bicyclic) bond motifs is 1. The minimum Gasteiger partial charge on any atom is -0.398 e. The Morgan fingerprint density at radius 2 is 1.82 bits per heavy atom. The zero-order chi connectivity index (χ0) is 12.2. The van der Waals surface area contributed by atoms with Crippen molar-refractivity contribution in [2.45, 2.75) is 18.8 Å². The molecule has 5 heteroatoms. The van der Waals surface area contributed by atoms with Gasteiger partial charge in [-0.2, -0.15) is 0 Å². The SMILES string of the molecule is Nc1cc(C2CC2)nc2c(Cl)cc(Cl)c(Cl)c12. The Morgan fingerprint density at radius 1 is 1.12 bits per heavy atom. The average molecular weight is 288 g/mol. The number of hydrogen-bond acceptors (Lipinski definition) is 2. The van der Waals surface area contributed by atoms with E-state index in [1.807, 2.05) is 6.07 Å². The van der Waals surface area contributed by atoms with Crippen LogP contribution in [-0.4, -0.2) is 4.98 Å². The number of aromatic nitrogens is 1. The molecule has 2 N–H and O–H groups in total. The lowest BCUT2D eigenvalue weighted by molar-refractivity contribution is 1.05. The molecule has 1 fully saturated rings. The molecule has 0 spiro atoms. The Kier molecular flexibility index (Phi) is 2.62. The van der Waals surface area contributed by atoms with Crippen molar-refractivity contribution >= 4 is 51.4 Å². The van der Waals surface area contributed by atoms with Crippen LogP contribution in [-0.2, 0) is 0 Å². The van der Waals surface area contributed by atoms with Crippen molar-refractivity contribution in [1.29, 1.82) is 0 Å². The molecule has 1 aliphatic carbocycles. The predicted molar refractivity (Wildman–Crippen MR) is 73.2 cm³/mol. The Morgan fingerprint density at radius 3 is 2.47 bits per heavy atom. The van der Waals surface area contributed by atoms with Crippen LogP contribution >= 0.6 is 34.8 Å². The first-order chi connectivity index (χ1) is 8.08. The van der Waals surface area contributed by atoms with Crippen molar-refractivity contribution in [3.63, 3.8) is 0 Å². The molecule has 1 aromatic heterocycles. The summed E-state index contributed by atoms with van der Waals surface area (Å²) in [5.41, 5.74) is 8.25. The molecular weight excluding hydrogens is 279 g/mol. The molecule has 2 aromatic rings. The molecule has 1 aromatic carbocycles. The van der Waals surface area contributed by atoms with Gasteiger partial charge in [0, 0.05) is 22.7 Å². The first-order valence-corrected chi connectivity index (χ1v) is 6.45. The molecule has 0 amide bonds. The zero-order valence-corrected chi connectivity index (χ0v) is 11.1. The molecule has 1 heterocycles. The van der Waals surface area contributed by atoms with Crippen molar-refractivity contribution in [3.05, 3.63) is 32.9 Å². The van der Waals surface area contributed by atoms with Gasteiger partial charge in [0.15, 0.2) is 0 Å². The van der Waals surface area contributed by atoms with Gasteiger partial charge in [-0.3, -0.25) is 4.98 Å². The summed E-state index contributed by atoms with van der Waals surface area (Å²) in [5.74, 6) is 0.521. The van der Waals surface area contributed by atoms with E-state index in [9.17, 15) is 0 Å². The number of hydrogen-bond donors (Lipinski definition) is 1. The Bertz CT molecular complexity index is 621. The number of rotatable bonds is 1. The minimum atomic E-state index is 0.400. The van der Waals surface area contributed by atoms with Gasteiger partial charge in [0.05, 0.1) is 20.6 Å². The van der Waals surface area contributed by atoms with E-state index in [0.717, 1.165) is 18.5 Å². The number of halogens is 3. The Hall–Kier alpha value is -0.700. The molecular formula is C12H9Cl3N2. The predicted octanol–water partition coefficient (Wildman–Crippen LogP) is 4.65. The molecule has 0 aliphatic heterocycles. The summed E-state index contributed by atoms with van der Waals surface area (Å²) in [4.78, 5) is 4.54. The largest absolute Gasteiger partial charge is 0.398 e. The lowest BCUT2D eigenvalue weighted by atomic mass is 10.1. The van der Waals surface area contributed by atoms with E-state index >= 15 is 0 Å². The van der Waals surface area contributed by atoms with Crippen LogP contribution in [0, 0.1) is 0 Å². The lowest BCUT2D eigenvalue weighted by Gasteiger charge is -2.09. The maximum atomic E-state index is 6.14. The molecule has 0 atom stereocenters. The van der Waals surface area contributed by atoms with Crippen molar-refractivity contribution in [3.8, 4) is 0 Å². The fraction of sp³-hybridized carbons (Fsp3) is 0.250. The van der Waals surface area contributed by atoms with Gasteiger partial charge in [-0.15, -0.1) is 0 Å². The van der Waals surface area contributed by atoms with Gasteiger partial charge in [-0.05, 0) is 25.0 Å². The normalized spacial score (nSPS) is 15.5. The van der Waals surface area contributed by atoms with E-state index < -0.39 is 0 Å². The quantitative estimate of drug-likeness (QED) is 0.775. The monoisotopic (exact) mass is 286 g/mol. The van der Waals surface area contributed by atoms with Gasteiger partial charge >= 0.3 is 0 Å². The lowest BCUT2D eigenvalue weighted by Crippen LogP contribution is -1.96. The molecule has 3 rings (SSSR count). The Balaban J connectivity index is 2.38. The van der Waals surface area contributed by atoms with Gasteiger partial charge in [0.1, 0.15) is 0 Å². The summed E-state index contributed by atoms with van der Waals surface area (Å²) >= 11 is 18.3. The van der Waals surface area contributed by atoms with Crippen LogP contribution < -0.4 is 5.73 Å². The standard InChI is InChI=1S/C12H9Cl3N2/c13-6-3-7(14)12-10(11(6)15)8(16)4-9(17-12)5-1-2-5/h3-5H,1-2H2,(H2,16,17). The van der Waals surface area contributed by atoms with Crippen molar-refractivity contribution in [2.75, 3.05) is 5.73 Å². The van der Waals surface area contributed by atoms with Crippen LogP contribution in [0.25, 0.3) is 10.9 Å². The summed E-state index contributed by atoms with van der Waals surface area (Å²) < 4.78 is 0. The van der Waals surface area contributed by atoms with Crippen LogP contribution in [0.15, 0.2) is 12.1 Å². The van der Waals surface area contributed by atoms with Gasteiger partial charge in [0.25, 0.3) is 0 Å². The van der Waals surface area contributed by atoms with Crippen molar-refractivity contribution in [1.82, 2.24) is 4.98 Å². The third-order valence-electron chi connectivity index (χ3n) is 2.97. The van der Waals surface area contributed by atoms with Crippen LogP contribution in [0.3, 0.4) is 0 Å². The molecule has 0 unspecified atom stereocenters. The van der Waals surface area contributed by atoms with E-state index in [2.05, 4.69) is 4.98 Å². The van der Waals surface area contributed by atoms with Crippen molar-refractivity contribution < 1.29 is 0 Å². The highest BCUT2D eigenvalue weighted by Gasteiger charge is 2.26. The number of nitrogen functional groups attached to an aromatic ring is 1. The third-order valence-corrected chi connectivity index (χ3v) is 4.05. The van der Waals surface area contributed by atoms with Gasteiger partial charge in [0.2, 0.25) is 0 Å². The maximum absolute atomic E-state index is 6.14. The minimum absolute atomic E-state index is 0.400. The summed E-state index contributed by atoms with van der Waals surface area (Å²) in [6, 6.07) is 3.48. The molecule has 1 aliphatic rings. The average Bonchev–Trinajstić information content (AvgIpc) is 3.09.